The molecule has 0 bridgehead atoms. The van der Waals surface area contributed by atoms with Crippen molar-refractivity contribution in [1.82, 2.24) is 0 Å². The number of hydrogen-bond donors (Lipinski definition) is 1. The van der Waals surface area contributed by atoms with Gasteiger partial charge in [0.2, 0.25) is 0 Å². The summed E-state index contributed by atoms with van der Waals surface area (Å²) in [7, 11) is 1.60. The molecule has 0 saturated carbocycles. The third-order valence-corrected chi connectivity index (χ3v) is 3.23. The largest absolute Gasteiger partial charge is 0.495 e. The topological polar surface area (TPSA) is 29.5 Å². The summed E-state index contributed by atoms with van der Waals surface area (Å²) in [5.41, 5.74) is 0.0202. The van der Waals surface area contributed by atoms with E-state index in [0.717, 1.165) is 16.3 Å². The van der Waals surface area contributed by atoms with Gasteiger partial charge in [0.15, 0.2) is 0 Å². The molecular weight excluding hydrogens is 236 g/mol. The molecule has 0 atom stereocenters. The minimum atomic E-state index is -0.847. The Kier molecular flexibility index (Phi) is 3.02. The number of hydrogen-bond acceptors (Lipinski definition) is 2. The van der Waals surface area contributed by atoms with Crippen LogP contribution in [0.15, 0.2) is 30.3 Å². The highest BCUT2D eigenvalue weighted by molar-refractivity contribution is 6.37. The number of aliphatic hydroxyl groups is 1. The minimum Gasteiger partial charge on any atom is -0.495 e. The summed E-state index contributed by atoms with van der Waals surface area (Å²) in [5.74, 6) is 0.662. The fourth-order valence-corrected chi connectivity index (χ4v) is 2.12. The minimum absolute atomic E-state index is 0.604. The highest BCUT2D eigenvalue weighted by atomic mass is 35.5. The predicted molar refractivity (Wildman–Crippen MR) is 70.8 cm³/mol. The Hall–Kier alpha value is -1.25. The van der Waals surface area contributed by atoms with E-state index >= 15 is 0 Å². The van der Waals surface area contributed by atoms with Crippen molar-refractivity contribution in [2.75, 3.05) is 7.11 Å². The van der Waals surface area contributed by atoms with E-state index in [1.807, 2.05) is 30.3 Å². The molecule has 17 heavy (non-hydrogen) atoms. The molecule has 0 aliphatic carbocycles. The average Bonchev–Trinajstić information content (AvgIpc) is 2.28. The van der Waals surface area contributed by atoms with Gasteiger partial charge in [-0.25, -0.2) is 0 Å². The number of ether oxygens (including phenoxy) is 1. The van der Waals surface area contributed by atoms with Crippen LogP contribution in [0.3, 0.4) is 0 Å². The SMILES string of the molecule is COc1ccc2cc(C(C)(C)O)ccc2c1Cl. The van der Waals surface area contributed by atoms with Gasteiger partial charge in [0.05, 0.1) is 17.7 Å². The molecule has 0 heterocycles. The summed E-state index contributed by atoms with van der Waals surface area (Å²) in [6, 6.07) is 9.51. The van der Waals surface area contributed by atoms with Crippen LogP contribution in [0.2, 0.25) is 5.02 Å². The van der Waals surface area contributed by atoms with Crippen molar-refractivity contribution in [3.63, 3.8) is 0 Å². The Balaban J connectivity index is 2.66. The first kappa shape index (κ1) is 12.2. The summed E-state index contributed by atoms with van der Waals surface area (Å²) < 4.78 is 5.17. The second-order valence-electron chi connectivity index (χ2n) is 4.58. The highest BCUT2D eigenvalue weighted by Crippen LogP contribution is 2.34. The molecule has 0 spiro atoms. The molecule has 0 amide bonds. The third-order valence-electron chi connectivity index (χ3n) is 2.84. The van der Waals surface area contributed by atoms with E-state index in [2.05, 4.69) is 0 Å². The van der Waals surface area contributed by atoms with E-state index < -0.39 is 5.60 Å². The molecule has 0 fully saturated rings. The van der Waals surface area contributed by atoms with Crippen molar-refractivity contribution in [3.8, 4) is 5.75 Å². The molecule has 2 nitrogen and oxygen atoms in total. The Morgan fingerprint density at radius 1 is 1.18 bits per heavy atom. The van der Waals surface area contributed by atoms with Crippen LogP contribution in [0.4, 0.5) is 0 Å². The molecule has 2 aromatic rings. The number of halogens is 1. The molecule has 0 unspecified atom stereocenters. The first-order valence-corrected chi connectivity index (χ1v) is 5.80. The third kappa shape index (κ3) is 2.24. The van der Waals surface area contributed by atoms with Crippen LogP contribution in [0, 0.1) is 0 Å². The van der Waals surface area contributed by atoms with E-state index in [0.29, 0.717) is 10.8 Å². The predicted octanol–water partition coefficient (Wildman–Crippen LogP) is 3.73. The van der Waals surface area contributed by atoms with Crippen molar-refractivity contribution in [2.45, 2.75) is 19.4 Å². The molecule has 0 saturated heterocycles. The lowest BCUT2D eigenvalue weighted by atomic mass is 9.95. The van der Waals surface area contributed by atoms with Gasteiger partial charge in [-0.15, -0.1) is 0 Å². The second kappa shape index (κ2) is 4.21. The number of rotatable bonds is 2. The van der Waals surface area contributed by atoms with Gasteiger partial charge < -0.3 is 9.84 Å². The van der Waals surface area contributed by atoms with E-state index in [9.17, 15) is 5.11 Å². The Bertz CT molecular complexity index is 556. The van der Waals surface area contributed by atoms with Gasteiger partial charge in [-0.3, -0.25) is 0 Å². The maximum atomic E-state index is 9.96. The van der Waals surface area contributed by atoms with E-state index in [1.54, 1.807) is 21.0 Å². The van der Waals surface area contributed by atoms with Crippen molar-refractivity contribution in [2.24, 2.45) is 0 Å². The van der Waals surface area contributed by atoms with Crippen molar-refractivity contribution >= 4 is 22.4 Å². The van der Waals surface area contributed by atoms with Gasteiger partial charge >= 0.3 is 0 Å². The molecule has 0 aliphatic rings. The lowest BCUT2D eigenvalue weighted by molar-refractivity contribution is 0.0787. The van der Waals surface area contributed by atoms with Crippen LogP contribution in [0.25, 0.3) is 10.8 Å². The van der Waals surface area contributed by atoms with Gasteiger partial charge in [-0.05, 0) is 36.9 Å². The zero-order valence-corrected chi connectivity index (χ0v) is 10.9. The summed E-state index contributed by atoms with van der Waals surface area (Å²) in [5, 5.41) is 12.5. The van der Waals surface area contributed by atoms with Crippen LogP contribution in [-0.4, -0.2) is 12.2 Å². The maximum absolute atomic E-state index is 9.96. The fraction of sp³-hybridized carbons (Fsp3) is 0.286. The molecular formula is C14H15ClO2. The van der Waals surface area contributed by atoms with Crippen molar-refractivity contribution in [1.29, 1.82) is 0 Å². The second-order valence-corrected chi connectivity index (χ2v) is 4.95. The zero-order chi connectivity index (χ0) is 12.6. The molecule has 2 rings (SSSR count). The number of methoxy groups -OCH3 is 1. The fourth-order valence-electron chi connectivity index (χ4n) is 1.81. The van der Waals surface area contributed by atoms with E-state index in [4.69, 9.17) is 16.3 Å². The van der Waals surface area contributed by atoms with Crippen LogP contribution in [0.1, 0.15) is 19.4 Å². The molecule has 0 radical (unpaired) electrons. The normalized spacial score (nSPS) is 11.8. The molecule has 3 heteroatoms. The quantitative estimate of drug-likeness (QED) is 0.880. The highest BCUT2D eigenvalue weighted by Gasteiger charge is 2.16. The number of fused-ring (bicyclic) bond motifs is 1. The molecule has 2 aromatic carbocycles. The maximum Gasteiger partial charge on any atom is 0.138 e. The standard InChI is InChI=1S/C14H15ClO2/c1-14(2,16)10-5-6-11-9(8-10)4-7-12(17-3)13(11)15/h4-8,16H,1-3H3. The number of benzene rings is 2. The Morgan fingerprint density at radius 3 is 2.47 bits per heavy atom. The summed E-state index contributed by atoms with van der Waals surface area (Å²) in [4.78, 5) is 0. The first-order chi connectivity index (χ1) is 7.93. The first-order valence-electron chi connectivity index (χ1n) is 5.42. The molecule has 90 valence electrons. The van der Waals surface area contributed by atoms with Gasteiger partial charge in [-0.1, -0.05) is 29.8 Å². The zero-order valence-electron chi connectivity index (χ0n) is 10.1. The lowest BCUT2D eigenvalue weighted by Crippen LogP contribution is -2.15. The Morgan fingerprint density at radius 2 is 1.88 bits per heavy atom. The van der Waals surface area contributed by atoms with Crippen molar-refractivity contribution in [3.05, 3.63) is 40.9 Å². The molecule has 1 N–H and O–H groups in total. The summed E-state index contributed by atoms with van der Waals surface area (Å²) in [6.07, 6.45) is 0. The van der Waals surface area contributed by atoms with Crippen LogP contribution < -0.4 is 4.74 Å². The van der Waals surface area contributed by atoms with E-state index in [1.165, 1.54) is 0 Å². The Labute approximate surface area is 106 Å². The smallest absolute Gasteiger partial charge is 0.138 e. The molecule has 0 aromatic heterocycles. The average molecular weight is 251 g/mol. The summed E-state index contributed by atoms with van der Waals surface area (Å²) in [6.45, 7) is 3.53. The van der Waals surface area contributed by atoms with Gasteiger partial charge in [-0.2, -0.15) is 0 Å². The van der Waals surface area contributed by atoms with Crippen LogP contribution in [0.5, 0.6) is 5.75 Å². The van der Waals surface area contributed by atoms with Gasteiger partial charge in [0.1, 0.15) is 5.75 Å². The monoisotopic (exact) mass is 250 g/mol. The van der Waals surface area contributed by atoms with Crippen molar-refractivity contribution < 1.29 is 9.84 Å². The van der Waals surface area contributed by atoms with E-state index in [-0.39, 0.29) is 0 Å². The van der Waals surface area contributed by atoms with Crippen LogP contribution in [-0.2, 0) is 5.60 Å². The van der Waals surface area contributed by atoms with Gasteiger partial charge in [0.25, 0.3) is 0 Å². The van der Waals surface area contributed by atoms with Crippen LogP contribution >= 0.6 is 11.6 Å². The lowest BCUT2D eigenvalue weighted by Gasteiger charge is -2.18. The molecule has 0 aliphatic heterocycles. The summed E-state index contributed by atoms with van der Waals surface area (Å²) >= 11 is 6.22. The van der Waals surface area contributed by atoms with Gasteiger partial charge in [0, 0.05) is 5.39 Å².